The zero-order chi connectivity index (χ0) is 17.9. The highest BCUT2D eigenvalue weighted by atomic mass is 32.2. The fraction of sp³-hybridized carbons (Fsp3) is 0.550. The molecule has 2 aromatic rings. The Kier molecular flexibility index (Phi) is 5.29. The summed E-state index contributed by atoms with van der Waals surface area (Å²) in [4.78, 5) is 14.7. The second-order valence-corrected chi connectivity index (χ2v) is 8.35. The molecule has 1 aliphatic carbocycles. The molecule has 2 heterocycles. The minimum absolute atomic E-state index is 0.226. The lowest BCUT2D eigenvalue weighted by molar-refractivity contribution is -0.131. The third-order valence-corrected chi connectivity index (χ3v) is 6.27. The van der Waals surface area contributed by atoms with Crippen molar-refractivity contribution in [2.75, 3.05) is 12.3 Å². The maximum Gasteiger partial charge on any atom is 0.233 e. The summed E-state index contributed by atoms with van der Waals surface area (Å²) in [6.07, 6.45) is 5.86. The van der Waals surface area contributed by atoms with Crippen molar-refractivity contribution in [1.29, 1.82) is 0 Å². The third kappa shape index (κ3) is 3.95. The van der Waals surface area contributed by atoms with Gasteiger partial charge in [0.1, 0.15) is 5.82 Å². The van der Waals surface area contributed by atoms with Crippen LogP contribution in [0.4, 0.5) is 0 Å². The van der Waals surface area contributed by atoms with E-state index in [1.54, 1.807) is 0 Å². The van der Waals surface area contributed by atoms with Crippen molar-refractivity contribution in [2.45, 2.75) is 62.7 Å². The molecule has 1 aliphatic heterocycles. The SMILES string of the molecule is C[C@@H]1CCCCN1C(=O)CSc1nnc(C2CC2)n1Cc1ccccc1. The number of nitrogens with zero attached hydrogens (tertiary/aromatic N) is 4. The Morgan fingerprint density at radius 3 is 2.69 bits per heavy atom. The van der Waals surface area contributed by atoms with E-state index < -0.39 is 0 Å². The van der Waals surface area contributed by atoms with Gasteiger partial charge in [0.25, 0.3) is 0 Å². The van der Waals surface area contributed by atoms with Gasteiger partial charge in [0.2, 0.25) is 5.91 Å². The average Bonchev–Trinajstić information content (AvgIpc) is 3.43. The van der Waals surface area contributed by atoms with Crippen molar-refractivity contribution in [3.05, 3.63) is 41.7 Å². The molecule has 1 saturated carbocycles. The fourth-order valence-corrected chi connectivity index (χ4v) is 4.47. The number of aromatic nitrogens is 3. The van der Waals surface area contributed by atoms with Crippen LogP contribution in [0.1, 0.15) is 56.3 Å². The highest BCUT2D eigenvalue weighted by Crippen LogP contribution is 2.40. The van der Waals surface area contributed by atoms with Crippen molar-refractivity contribution < 1.29 is 4.79 Å². The van der Waals surface area contributed by atoms with Gasteiger partial charge in [-0.15, -0.1) is 10.2 Å². The first-order valence-corrected chi connectivity index (χ1v) is 10.6. The summed E-state index contributed by atoms with van der Waals surface area (Å²) in [6, 6.07) is 10.8. The van der Waals surface area contributed by atoms with E-state index in [-0.39, 0.29) is 5.91 Å². The quantitative estimate of drug-likeness (QED) is 0.728. The number of benzene rings is 1. The van der Waals surface area contributed by atoms with Gasteiger partial charge in [-0.2, -0.15) is 0 Å². The van der Waals surface area contributed by atoms with E-state index in [1.165, 1.54) is 36.6 Å². The number of rotatable bonds is 6. The Bertz CT molecular complexity index is 756. The number of hydrogen-bond acceptors (Lipinski definition) is 4. The largest absolute Gasteiger partial charge is 0.339 e. The number of likely N-dealkylation sites (tertiary alicyclic amines) is 1. The highest BCUT2D eigenvalue weighted by Gasteiger charge is 2.31. The summed E-state index contributed by atoms with van der Waals surface area (Å²) in [5.74, 6) is 2.29. The van der Waals surface area contributed by atoms with Crippen molar-refractivity contribution >= 4 is 17.7 Å². The molecule has 26 heavy (non-hydrogen) atoms. The number of amides is 1. The van der Waals surface area contributed by atoms with Crippen LogP contribution < -0.4 is 0 Å². The molecule has 5 nitrogen and oxygen atoms in total. The van der Waals surface area contributed by atoms with Crippen LogP contribution in [0.25, 0.3) is 0 Å². The molecule has 1 saturated heterocycles. The molecule has 1 amide bonds. The molecule has 0 spiro atoms. The van der Waals surface area contributed by atoms with Crippen LogP contribution in [-0.4, -0.2) is 43.9 Å². The van der Waals surface area contributed by atoms with Gasteiger partial charge in [-0.1, -0.05) is 42.1 Å². The molecule has 0 unspecified atom stereocenters. The molecule has 0 N–H and O–H groups in total. The van der Waals surface area contributed by atoms with E-state index in [2.05, 4.69) is 46.0 Å². The normalized spacial score (nSPS) is 20.3. The van der Waals surface area contributed by atoms with Crippen LogP contribution >= 0.6 is 11.8 Å². The maximum atomic E-state index is 12.7. The van der Waals surface area contributed by atoms with E-state index in [0.29, 0.717) is 17.7 Å². The predicted octanol–water partition coefficient (Wildman–Crippen LogP) is 3.70. The summed E-state index contributed by atoms with van der Waals surface area (Å²) in [7, 11) is 0. The van der Waals surface area contributed by atoms with Gasteiger partial charge < -0.3 is 9.47 Å². The first kappa shape index (κ1) is 17.6. The molecule has 0 bridgehead atoms. The number of carbonyl (C=O) groups is 1. The minimum atomic E-state index is 0.226. The van der Waals surface area contributed by atoms with Crippen molar-refractivity contribution in [3.8, 4) is 0 Å². The molecular formula is C20H26N4OS. The predicted molar refractivity (Wildman–Crippen MR) is 103 cm³/mol. The second kappa shape index (κ2) is 7.82. The minimum Gasteiger partial charge on any atom is -0.339 e. The molecule has 4 rings (SSSR count). The Morgan fingerprint density at radius 1 is 1.15 bits per heavy atom. The number of thioether (sulfide) groups is 1. The average molecular weight is 371 g/mol. The van der Waals surface area contributed by atoms with E-state index in [9.17, 15) is 4.79 Å². The van der Waals surface area contributed by atoms with Crippen molar-refractivity contribution in [3.63, 3.8) is 0 Å². The van der Waals surface area contributed by atoms with Crippen molar-refractivity contribution in [1.82, 2.24) is 19.7 Å². The van der Waals surface area contributed by atoms with Gasteiger partial charge in [-0.05, 0) is 44.6 Å². The summed E-state index contributed by atoms with van der Waals surface area (Å²) in [5, 5.41) is 9.73. The standard InChI is InChI=1S/C20H26N4OS/c1-15-7-5-6-12-23(15)18(25)14-26-20-22-21-19(17-10-11-17)24(20)13-16-8-3-2-4-9-16/h2-4,8-9,15,17H,5-7,10-14H2,1H3/t15-/m1/s1. The molecule has 6 heteroatoms. The smallest absolute Gasteiger partial charge is 0.233 e. The topological polar surface area (TPSA) is 51.0 Å². The number of piperidine rings is 1. The third-order valence-electron chi connectivity index (χ3n) is 5.32. The van der Waals surface area contributed by atoms with Crippen molar-refractivity contribution in [2.24, 2.45) is 0 Å². The van der Waals surface area contributed by atoms with Gasteiger partial charge in [0, 0.05) is 18.5 Å². The van der Waals surface area contributed by atoms with Gasteiger partial charge >= 0.3 is 0 Å². The lowest BCUT2D eigenvalue weighted by Crippen LogP contribution is -2.43. The van der Waals surface area contributed by atoms with Gasteiger partial charge in [0.15, 0.2) is 5.16 Å². The summed E-state index contributed by atoms with van der Waals surface area (Å²) in [6.45, 7) is 3.83. The number of carbonyl (C=O) groups excluding carboxylic acids is 1. The van der Waals surface area contributed by atoms with Crippen LogP contribution in [0.3, 0.4) is 0 Å². The van der Waals surface area contributed by atoms with E-state index in [1.807, 2.05) is 11.0 Å². The molecule has 1 atom stereocenters. The van der Waals surface area contributed by atoms with Crippen LogP contribution in [-0.2, 0) is 11.3 Å². The van der Waals surface area contributed by atoms with Crippen LogP contribution in [0.15, 0.2) is 35.5 Å². The first-order valence-electron chi connectivity index (χ1n) is 9.61. The zero-order valence-electron chi connectivity index (χ0n) is 15.3. The van der Waals surface area contributed by atoms with Gasteiger partial charge in [-0.3, -0.25) is 4.79 Å². The summed E-state index contributed by atoms with van der Waals surface area (Å²) in [5.41, 5.74) is 1.24. The van der Waals surface area contributed by atoms with E-state index in [0.717, 1.165) is 36.9 Å². The number of hydrogen-bond donors (Lipinski definition) is 0. The Balaban J connectivity index is 1.46. The van der Waals surface area contributed by atoms with Crippen LogP contribution in [0.5, 0.6) is 0 Å². The monoisotopic (exact) mass is 370 g/mol. The lowest BCUT2D eigenvalue weighted by atomic mass is 10.0. The summed E-state index contributed by atoms with van der Waals surface area (Å²) >= 11 is 1.53. The highest BCUT2D eigenvalue weighted by molar-refractivity contribution is 7.99. The van der Waals surface area contributed by atoms with E-state index >= 15 is 0 Å². The molecule has 1 aromatic heterocycles. The molecule has 2 fully saturated rings. The lowest BCUT2D eigenvalue weighted by Gasteiger charge is -2.33. The Morgan fingerprint density at radius 2 is 1.96 bits per heavy atom. The Hall–Kier alpha value is -1.82. The van der Waals surface area contributed by atoms with Gasteiger partial charge in [0.05, 0.1) is 12.3 Å². The molecule has 2 aliphatic rings. The fourth-order valence-electron chi connectivity index (χ4n) is 3.64. The molecule has 0 radical (unpaired) electrons. The van der Waals surface area contributed by atoms with Gasteiger partial charge in [-0.25, -0.2) is 0 Å². The maximum absolute atomic E-state index is 12.7. The Labute approximate surface area is 159 Å². The van der Waals surface area contributed by atoms with E-state index in [4.69, 9.17) is 0 Å². The zero-order valence-corrected chi connectivity index (χ0v) is 16.1. The molecule has 1 aromatic carbocycles. The van der Waals surface area contributed by atoms with Crippen LogP contribution in [0, 0.1) is 0 Å². The summed E-state index contributed by atoms with van der Waals surface area (Å²) < 4.78 is 2.21. The second-order valence-electron chi connectivity index (χ2n) is 7.41. The first-order chi connectivity index (χ1) is 12.7. The molecule has 138 valence electrons. The van der Waals surface area contributed by atoms with Crippen LogP contribution in [0.2, 0.25) is 0 Å². The molecular weight excluding hydrogens is 344 g/mol.